The van der Waals surface area contributed by atoms with E-state index in [0.29, 0.717) is 39.3 Å². The second-order valence-corrected chi connectivity index (χ2v) is 11.0. The highest BCUT2D eigenvalue weighted by Gasteiger charge is 2.23. The number of aromatic nitrogens is 1. The molecule has 9 heteroatoms. The van der Waals surface area contributed by atoms with Gasteiger partial charge in [0.25, 0.3) is 0 Å². The van der Waals surface area contributed by atoms with E-state index in [1.807, 2.05) is 32.9 Å². The Morgan fingerprint density at radius 2 is 1.75 bits per heavy atom. The SMILES string of the molecule is COc1ncc(F)cc1-c1cc(C=Cc2ccc(NS(C)(=O)=O)cc2C#N)c(OC)c(C(C)(C)C)c1. The number of benzene rings is 2. The van der Waals surface area contributed by atoms with Crippen LogP contribution in [0.3, 0.4) is 0 Å². The van der Waals surface area contributed by atoms with Gasteiger partial charge in [0.05, 0.1) is 38.3 Å². The fourth-order valence-electron chi connectivity index (χ4n) is 3.77. The molecule has 0 saturated carbocycles. The summed E-state index contributed by atoms with van der Waals surface area (Å²) in [6, 6.07) is 12.0. The molecule has 0 radical (unpaired) electrons. The highest BCUT2D eigenvalue weighted by molar-refractivity contribution is 7.92. The average molecular weight is 510 g/mol. The summed E-state index contributed by atoms with van der Waals surface area (Å²) in [5, 5.41) is 9.62. The lowest BCUT2D eigenvalue weighted by Gasteiger charge is -2.25. The van der Waals surface area contributed by atoms with Gasteiger partial charge in [0.15, 0.2) is 0 Å². The van der Waals surface area contributed by atoms with Crippen LogP contribution in [0.25, 0.3) is 23.3 Å². The van der Waals surface area contributed by atoms with Crippen LogP contribution in [0.1, 0.15) is 43.0 Å². The number of nitriles is 1. The molecule has 36 heavy (non-hydrogen) atoms. The normalized spacial score (nSPS) is 11.8. The molecule has 0 bridgehead atoms. The molecule has 0 aliphatic heterocycles. The number of ether oxygens (including phenoxy) is 2. The molecule has 0 spiro atoms. The van der Waals surface area contributed by atoms with Crippen molar-refractivity contribution in [2.75, 3.05) is 25.2 Å². The molecular formula is C27H28FN3O4S. The Bertz CT molecular complexity index is 1470. The third-order valence-corrected chi connectivity index (χ3v) is 5.98. The number of hydrogen-bond acceptors (Lipinski definition) is 6. The van der Waals surface area contributed by atoms with Crippen LogP contribution in [0.15, 0.2) is 42.6 Å². The lowest BCUT2D eigenvalue weighted by atomic mass is 9.83. The van der Waals surface area contributed by atoms with Crippen molar-refractivity contribution in [2.45, 2.75) is 26.2 Å². The molecule has 0 aliphatic carbocycles. The molecule has 3 aromatic rings. The Kier molecular flexibility index (Phi) is 7.70. The maximum Gasteiger partial charge on any atom is 0.229 e. The summed E-state index contributed by atoms with van der Waals surface area (Å²) < 4.78 is 50.7. The zero-order valence-corrected chi connectivity index (χ0v) is 21.8. The van der Waals surface area contributed by atoms with Gasteiger partial charge >= 0.3 is 0 Å². The summed E-state index contributed by atoms with van der Waals surface area (Å²) >= 11 is 0. The molecule has 0 unspecified atom stereocenters. The van der Waals surface area contributed by atoms with Gasteiger partial charge in [-0.05, 0) is 46.9 Å². The van der Waals surface area contributed by atoms with Crippen LogP contribution in [0.4, 0.5) is 10.1 Å². The van der Waals surface area contributed by atoms with E-state index in [1.165, 1.54) is 19.2 Å². The van der Waals surface area contributed by atoms with Crippen LogP contribution < -0.4 is 14.2 Å². The smallest absolute Gasteiger partial charge is 0.229 e. The molecule has 1 N–H and O–H groups in total. The van der Waals surface area contributed by atoms with Gasteiger partial charge in [0.1, 0.15) is 11.6 Å². The van der Waals surface area contributed by atoms with Gasteiger partial charge in [-0.15, -0.1) is 0 Å². The Labute approximate surface area is 211 Å². The molecule has 0 fully saturated rings. The Morgan fingerprint density at radius 1 is 1.06 bits per heavy atom. The van der Waals surface area contributed by atoms with E-state index in [2.05, 4.69) is 15.8 Å². The van der Waals surface area contributed by atoms with E-state index in [9.17, 15) is 18.1 Å². The van der Waals surface area contributed by atoms with Crippen molar-refractivity contribution in [3.63, 3.8) is 0 Å². The first-order valence-electron chi connectivity index (χ1n) is 11.0. The quantitative estimate of drug-likeness (QED) is 0.415. The summed E-state index contributed by atoms with van der Waals surface area (Å²) in [5.74, 6) is 0.439. The Balaban J connectivity index is 2.19. The standard InChI is InChI=1S/C27H28FN3O4S/c1-27(2,3)24-13-19(23-14-21(28)16-30-26(23)35-5)11-18(25(24)34-4)8-7-17-9-10-22(12-20(17)15-29)31-36(6,32)33/h7-14,16,31H,1-6H3. The van der Waals surface area contributed by atoms with Crippen molar-refractivity contribution in [1.82, 2.24) is 4.98 Å². The van der Waals surface area contributed by atoms with Crippen LogP contribution in [0.2, 0.25) is 0 Å². The van der Waals surface area contributed by atoms with Crippen molar-refractivity contribution >= 4 is 27.9 Å². The maximum absolute atomic E-state index is 14.1. The molecule has 2 aromatic carbocycles. The minimum atomic E-state index is -3.47. The van der Waals surface area contributed by atoms with Gasteiger partial charge < -0.3 is 9.47 Å². The fraction of sp³-hybridized carbons (Fsp3) is 0.259. The number of hydrogen-bond donors (Lipinski definition) is 1. The van der Waals surface area contributed by atoms with E-state index in [-0.39, 0.29) is 11.3 Å². The van der Waals surface area contributed by atoms with E-state index in [1.54, 1.807) is 31.4 Å². The first-order chi connectivity index (χ1) is 16.9. The predicted molar refractivity (Wildman–Crippen MR) is 140 cm³/mol. The molecule has 1 heterocycles. The number of methoxy groups -OCH3 is 2. The summed E-state index contributed by atoms with van der Waals surface area (Å²) in [7, 11) is -0.416. The van der Waals surface area contributed by atoms with Crippen LogP contribution in [0, 0.1) is 17.1 Å². The number of sulfonamides is 1. The molecular weight excluding hydrogens is 481 g/mol. The van der Waals surface area contributed by atoms with E-state index in [0.717, 1.165) is 18.0 Å². The van der Waals surface area contributed by atoms with E-state index < -0.39 is 15.8 Å². The van der Waals surface area contributed by atoms with Crippen molar-refractivity contribution < 1.29 is 22.3 Å². The van der Waals surface area contributed by atoms with Gasteiger partial charge in [0, 0.05) is 22.4 Å². The molecule has 0 amide bonds. The highest BCUT2D eigenvalue weighted by Crippen LogP contribution is 2.40. The zero-order valence-electron chi connectivity index (χ0n) is 21.0. The third-order valence-electron chi connectivity index (χ3n) is 5.37. The topological polar surface area (TPSA) is 101 Å². The van der Waals surface area contributed by atoms with Crippen LogP contribution in [0.5, 0.6) is 11.6 Å². The second kappa shape index (κ2) is 10.4. The number of anilines is 1. The van der Waals surface area contributed by atoms with Crippen molar-refractivity contribution in [3.8, 4) is 28.8 Å². The molecule has 1 aromatic heterocycles. The zero-order chi connectivity index (χ0) is 26.7. The van der Waals surface area contributed by atoms with Crippen molar-refractivity contribution in [2.24, 2.45) is 0 Å². The fourth-order valence-corrected chi connectivity index (χ4v) is 4.32. The first kappa shape index (κ1) is 26.7. The van der Waals surface area contributed by atoms with Gasteiger partial charge in [0.2, 0.25) is 15.9 Å². The maximum atomic E-state index is 14.1. The second-order valence-electron chi connectivity index (χ2n) is 9.23. The van der Waals surface area contributed by atoms with Crippen LogP contribution in [-0.4, -0.2) is 33.9 Å². The molecule has 188 valence electrons. The molecule has 0 saturated heterocycles. The molecule has 7 nitrogen and oxygen atoms in total. The highest BCUT2D eigenvalue weighted by atomic mass is 32.2. The Morgan fingerprint density at radius 3 is 2.33 bits per heavy atom. The van der Waals surface area contributed by atoms with Gasteiger partial charge in [-0.25, -0.2) is 17.8 Å². The lowest BCUT2D eigenvalue weighted by molar-refractivity contribution is 0.395. The number of nitrogens with one attached hydrogen (secondary N) is 1. The van der Waals surface area contributed by atoms with Crippen LogP contribution in [-0.2, 0) is 15.4 Å². The monoisotopic (exact) mass is 509 g/mol. The summed E-state index contributed by atoms with van der Waals surface area (Å²) in [6.45, 7) is 6.14. The van der Waals surface area contributed by atoms with E-state index >= 15 is 0 Å². The number of nitrogens with zero attached hydrogens (tertiary/aromatic N) is 2. The largest absolute Gasteiger partial charge is 0.496 e. The number of halogens is 1. The molecule has 0 aliphatic rings. The molecule has 3 rings (SSSR count). The van der Waals surface area contributed by atoms with Gasteiger partial charge in [-0.2, -0.15) is 5.26 Å². The van der Waals surface area contributed by atoms with Crippen LogP contribution >= 0.6 is 0 Å². The first-order valence-corrected chi connectivity index (χ1v) is 12.9. The number of pyridine rings is 1. The van der Waals surface area contributed by atoms with E-state index in [4.69, 9.17) is 9.47 Å². The number of rotatable bonds is 7. The lowest BCUT2D eigenvalue weighted by Crippen LogP contribution is -2.14. The average Bonchev–Trinajstić information content (AvgIpc) is 2.80. The minimum absolute atomic E-state index is 0.289. The third kappa shape index (κ3) is 6.20. The summed E-state index contributed by atoms with van der Waals surface area (Å²) in [5.41, 5.74) is 3.65. The predicted octanol–water partition coefficient (Wildman–Crippen LogP) is 5.62. The van der Waals surface area contributed by atoms with Gasteiger partial charge in [-0.1, -0.05) is 39.0 Å². The summed E-state index contributed by atoms with van der Waals surface area (Å²) in [4.78, 5) is 4.06. The van der Waals surface area contributed by atoms with Crippen molar-refractivity contribution in [1.29, 1.82) is 5.26 Å². The van der Waals surface area contributed by atoms with Gasteiger partial charge in [-0.3, -0.25) is 4.72 Å². The minimum Gasteiger partial charge on any atom is -0.496 e. The Hall–Kier alpha value is -3.90. The van der Waals surface area contributed by atoms with Crippen molar-refractivity contribution in [3.05, 3.63) is 70.7 Å². The molecule has 0 atom stereocenters. The summed E-state index contributed by atoms with van der Waals surface area (Å²) in [6.07, 6.45) is 5.69.